The molecule has 3 aromatic rings. The topological polar surface area (TPSA) is 61.2 Å². The summed E-state index contributed by atoms with van der Waals surface area (Å²) in [6, 6.07) is 12.7. The van der Waals surface area contributed by atoms with Crippen molar-refractivity contribution in [2.75, 3.05) is 0 Å². The van der Waals surface area contributed by atoms with Gasteiger partial charge in [-0.25, -0.2) is 4.79 Å². The third kappa shape index (κ3) is 3.64. The SMILES string of the molecule is CC(C)(C)OC(=O)n1nc(-c2cccc(C=O)c2)c2cc(Br)ccc21. The first kappa shape index (κ1) is 17.4. The van der Waals surface area contributed by atoms with Crippen molar-refractivity contribution in [3.63, 3.8) is 0 Å². The molecular weight excluding hydrogens is 384 g/mol. The smallest absolute Gasteiger partial charge is 0.435 e. The fourth-order valence-electron chi connectivity index (χ4n) is 2.51. The molecule has 1 aromatic heterocycles. The molecule has 0 saturated carbocycles. The van der Waals surface area contributed by atoms with Crippen molar-refractivity contribution in [3.8, 4) is 11.3 Å². The highest BCUT2D eigenvalue weighted by molar-refractivity contribution is 9.10. The second-order valence-corrected chi connectivity index (χ2v) is 7.56. The highest BCUT2D eigenvalue weighted by atomic mass is 79.9. The molecule has 0 aliphatic carbocycles. The van der Waals surface area contributed by atoms with E-state index in [9.17, 15) is 9.59 Å². The van der Waals surface area contributed by atoms with E-state index in [1.54, 1.807) is 18.2 Å². The molecule has 0 atom stereocenters. The summed E-state index contributed by atoms with van der Waals surface area (Å²) in [5, 5.41) is 5.26. The first-order valence-electron chi connectivity index (χ1n) is 7.76. The number of rotatable bonds is 2. The number of carbonyl (C=O) groups excluding carboxylic acids is 2. The summed E-state index contributed by atoms with van der Waals surface area (Å²) in [6.07, 6.45) is 0.240. The van der Waals surface area contributed by atoms with E-state index in [1.807, 2.05) is 45.0 Å². The summed E-state index contributed by atoms with van der Waals surface area (Å²) in [5.41, 5.74) is 1.94. The number of hydrogen-bond acceptors (Lipinski definition) is 4. The molecule has 25 heavy (non-hydrogen) atoms. The summed E-state index contributed by atoms with van der Waals surface area (Å²) in [4.78, 5) is 23.6. The lowest BCUT2D eigenvalue weighted by atomic mass is 10.1. The largest absolute Gasteiger partial charge is 0.442 e. The van der Waals surface area contributed by atoms with Crippen LogP contribution in [0.1, 0.15) is 31.1 Å². The molecule has 0 fully saturated rings. The van der Waals surface area contributed by atoms with Gasteiger partial charge >= 0.3 is 6.09 Å². The van der Waals surface area contributed by atoms with Gasteiger partial charge in [-0.2, -0.15) is 9.78 Å². The fourth-order valence-corrected chi connectivity index (χ4v) is 2.87. The molecule has 6 heteroatoms. The Morgan fingerprint density at radius 2 is 1.96 bits per heavy atom. The van der Waals surface area contributed by atoms with Crippen molar-refractivity contribution < 1.29 is 14.3 Å². The monoisotopic (exact) mass is 400 g/mol. The van der Waals surface area contributed by atoms with E-state index in [4.69, 9.17) is 4.74 Å². The molecule has 0 aliphatic heterocycles. The first-order valence-corrected chi connectivity index (χ1v) is 8.55. The summed E-state index contributed by atoms with van der Waals surface area (Å²) in [6.45, 7) is 5.42. The molecule has 0 amide bonds. The lowest BCUT2D eigenvalue weighted by Crippen LogP contribution is -2.27. The quantitative estimate of drug-likeness (QED) is 0.563. The maximum Gasteiger partial charge on any atom is 0.435 e. The van der Waals surface area contributed by atoms with Crippen molar-refractivity contribution in [2.24, 2.45) is 0 Å². The fraction of sp³-hybridized carbons (Fsp3) is 0.211. The number of ether oxygens (including phenoxy) is 1. The second kappa shape index (κ2) is 6.44. The molecule has 0 N–H and O–H groups in total. The van der Waals surface area contributed by atoms with E-state index in [0.29, 0.717) is 16.8 Å². The Bertz CT molecular complexity index is 970. The van der Waals surface area contributed by atoms with E-state index < -0.39 is 11.7 Å². The van der Waals surface area contributed by atoms with Gasteiger partial charge in [-0.1, -0.05) is 34.1 Å². The van der Waals surface area contributed by atoms with Crippen LogP contribution in [0.3, 0.4) is 0 Å². The van der Waals surface area contributed by atoms with Gasteiger partial charge in [0.25, 0.3) is 0 Å². The number of hydrogen-bond donors (Lipinski definition) is 0. The van der Waals surface area contributed by atoms with Gasteiger partial charge in [0.2, 0.25) is 0 Å². The lowest BCUT2D eigenvalue weighted by molar-refractivity contribution is 0.0523. The zero-order valence-corrected chi connectivity index (χ0v) is 15.7. The molecule has 0 saturated heterocycles. The Morgan fingerprint density at radius 1 is 1.20 bits per heavy atom. The lowest BCUT2D eigenvalue weighted by Gasteiger charge is -2.19. The molecular formula is C19H17BrN2O3. The van der Waals surface area contributed by atoms with E-state index in [0.717, 1.165) is 21.7 Å². The van der Waals surface area contributed by atoms with Crippen molar-refractivity contribution >= 4 is 39.2 Å². The van der Waals surface area contributed by atoms with Crippen molar-refractivity contribution in [3.05, 3.63) is 52.5 Å². The molecule has 2 aromatic carbocycles. The highest BCUT2D eigenvalue weighted by Gasteiger charge is 2.22. The molecule has 1 heterocycles. The maximum absolute atomic E-state index is 12.5. The second-order valence-electron chi connectivity index (χ2n) is 6.65. The average molecular weight is 401 g/mol. The van der Waals surface area contributed by atoms with Crippen LogP contribution >= 0.6 is 15.9 Å². The van der Waals surface area contributed by atoms with Crippen molar-refractivity contribution in [1.29, 1.82) is 0 Å². The Morgan fingerprint density at radius 3 is 2.64 bits per heavy atom. The minimum atomic E-state index is -0.623. The predicted molar refractivity (Wildman–Crippen MR) is 99.9 cm³/mol. The number of halogens is 1. The molecule has 0 spiro atoms. The minimum Gasteiger partial charge on any atom is -0.442 e. The molecule has 0 unspecified atom stereocenters. The van der Waals surface area contributed by atoms with Gasteiger partial charge in [-0.3, -0.25) is 4.79 Å². The van der Waals surface area contributed by atoms with Crippen LogP contribution in [0, 0.1) is 0 Å². The van der Waals surface area contributed by atoms with Crippen molar-refractivity contribution in [1.82, 2.24) is 9.78 Å². The third-order valence-electron chi connectivity index (χ3n) is 3.50. The summed E-state index contributed by atoms with van der Waals surface area (Å²) >= 11 is 3.45. The zero-order chi connectivity index (χ0) is 18.2. The normalized spacial score (nSPS) is 11.5. The zero-order valence-electron chi connectivity index (χ0n) is 14.1. The van der Waals surface area contributed by atoms with Gasteiger partial charge < -0.3 is 4.74 Å². The van der Waals surface area contributed by atoms with Gasteiger partial charge in [-0.05, 0) is 45.0 Å². The van der Waals surface area contributed by atoms with Crippen molar-refractivity contribution in [2.45, 2.75) is 26.4 Å². The summed E-state index contributed by atoms with van der Waals surface area (Å²) in [7, 11) is 0. The predicted octanol–water partition coefficient (Wildman–Crippen LogP) is 5.06. The van der Waals surface area contributed by atoms with Gasteiger partial charge in [-0.15, -0.1) is 0 Å². The summed E-state index contributed by atoms with van der Waals surface area (Å²) < 4.78 is 7.58. The molecule has 5 nitrogen and oxygen atoms in total. The van der Waals surface area contributed by atoms with E-state index in [2.05, 4.69) is 21.0 Å². The Labute approximate surface area is 153 Å². The molecule has 128 valence electrons. The Kier molecular flexibility index (Phi) is 4.47. The molecule has 0 radical (unpaired) electrons. The van der Waals surface area contributed by atoms with Crippen LogP contribution in [0.2, 0.25) is 0 Å². The minimum absolute atomic E-state index is 0.544. The number of aromatic nitrogens is 2. The Balaban J connectivity index is 2.20. The van der Waals surface area contributed by atoms with Gasteiger partial charge in [0.15, 0.2) is 0 Å². The van der Waals surface area contributed by atoms with Gasteiger partial charge in [0, 0.05) is 21.0 Å². The van der Waals surface area contributed by atoms with Crippen LogP contribution in [-0.2, 0) is 4.74 Å². The third-order valence-corrected chi connectivity index (χ3v) is 4.00. The van der Waals surface area contributed by atoms with Crippen LogP contribution in [0.25, 0.3) is 22.2 Å². The molecule has 0 bridgehead atoms. The highest BCUT2D eigenvalue weighted by Crippen LogP contribution is 2.31. The van der Waals surface area contributed by atoms with E-state index in [1.165, 1.54) is 4.68 Å². The molecule has 0 aliphatic rings. The van der Waals surface area contributed by atoms with Crippen LogP contribution < -0.4 is 0 Å². The number of fused-ring (bicyclic) bond motifs is 1. The van der Waals surface area contributed by atoms with E-state index >= 15 is 0 Å². The number of benzene rings is 2. The first-order chi connectivity index (χ1) is 11.8. The average Bonchev–Trinajstić information content (AvgIpc) is 2.92. The summed E-state index contributed by atoms with van der Waals surface area (Å²) in [5.74, 6) is 0. The number of aldehydes is 1. The van der Waals surface area contributed by atoms with Crippen LogP contribution in [0.15, 0.2) is 46.9 Å². The maximum atomic E-state index is 12.5. The molecule has 3 rings (SSSR count). The van der Waals surface area contributed by atoms with Crippen LogP contribution in [-0.4, -0.2) is 27.8 Å². The van der Waals surface area contributed by atoms with Gasteiger partial charge in [0.05, 0.1) is 5.52 Å². The van der Waals surface area contributed by atoms with Gasteiger partial charge in [0.1, 0.15) is 17.6 Å². The standard InChI is InChI=1S/C19H17BrN2O3/c1-19(2,3)25-18(24)22-16-8-7-14(20)10-15(16)17(21-22)13-6-4-5-12(9-13)11-23/h4-11H,1-3H3. The van der Waals surface area contributed by atoms with Crippen LogP contribution in [0.5, 0.6) is 0 Å². The Hall–Kier alpha value is -2.47. The number of carbonyl (C=O) groups is 2. The van der Waals surface area contributed by atoms with Crippen LogP contribution in [0.4, 0.5) is 4.79 Å². The number of nitrogens with zero attached hydrogens (tertiary/aromatic N) is 2. The van der Waals surface area contributed by atoms with E-state index in [-0.39, 0.29) is 0 Å².